The molecule has 2 aromatic carbocycles. The van der Waals surface area contributed by atoms with Gasteiger partial charge in [-0.1, -0.05) is 74.7 Å². The van der Waals surface area contributed by atoms with Crippen LogP contribution in [0.2, 0.25) is 0 Å². The highest BCUT2D eigenvalue weighted by molar-refractivity contribution is 7.19. The molecule has 0 spiro atoms. The van der Waals surface area contributed by atoms with E-state index in [2.05, 4.69) is 93.5 Å². The zero-order chi connectivity index (χ0) is 26.5. The van der Waals surface area contributed by atoms with Crippen LogP contribution in [0, 0.1) is 26.7 Å². The second-order valence-corrected chi connectivity index (χ2v) is 11.6. The molecule has 1 atom stereocenters. The molecule has 1 saturated carbocycles. The van der Waals surface area contributed by atoms with Gasteiger partial charge in [0.15, 0.2) is 0 Å². The molecule has 1 fully saturated rings. The van der Waals surface area contributed by atoms with E-state index in [-0.39, 0.29) is 11.9 Å². The molecule has 1 unspecified atom stereocenters. The summed E-state index contributed by atoms with van der Waals surface area (Å²) in [6.45, 7) is 14.9. The molecule has 1 aliphatic rings. The minimum absolute atomic E-state index is 0.0243. The molecule has 0 saturated heterocycles. The summed E-state index contributed by atoms with van der Waals surface area (Å²) in [5.74, 6) is 1.18. The summed E-state index contributed by atoms with van der Waals surface area (Å²) < 4.78 is 0. The van der Waals surface area contributed by atoms with Crippen LogP contribution in [-0.2, 0) is 6.42 Å². The van der Waals surface area contributed by atoms with Crippen molar-refractivity contribution in [3.05, 3.63) is 82.7 Å². The van der Waals surface area contributed by atoms with E-state index in [0.717, 1.165) is 27.5 Å². The Morgan fingerprint density at radius 2 is 1.65 bits per heavy atom. The van der Waals surface area contributed by atoms with Crippen molar-refractivity contribution in [1.82, 2.24) is 5.32 Å². The number of nitrogens with one attached hydrogen (secondary N) is 3. The number of thiophene rings is 1. The molecule has 1 heterocycles. The summed E-state index contributed by atoms with van der Waals surface area (Å²) >= 11 is 1.59. The van der Waals surface area contributed by atoms with Gasteiger partial charge in [-0.3, -0.25) is 4.79 Å². The van der Waals surface area contributed by atoms with Gasteiger partial charge < -0.3 is 16.0 Å². The zero-order valence-corrected chi connectivity index (χ0v) is 23.8. The molecule has 0 bridgehead atoms. The van der Waals surface area contributed by atoms with E-state index in [1.54, 1.807) is 11.3 Å². The van der Waals surface area contributed by atoms with E-state index in [0.29, 0.717) is 17.3 Å². The van der Waals surface area contributed by atoms with E-state index >= 15 is 0 Å². The molecule has 1 aromatic heterocycles. The lowest BCUT2D eigenvalue weighted by atomic mass is 9.84. The van der Waals surface area contributed by atoms with Crippen LogP contribution in [0.4, 0.5) is 10.7 Å². The zero-order valence-electron chi connectivity index (χ0n) is 23.0. The summed E-state index contributed by atoms with van der Waals surface area (Å²) in [5, 5.41) is 11.0. The third kappa shape index (κ3) is 6.64. The first-order valence-electron chi connectivity index (χ1n) is 13.6. The third-order valence-electron chi connectivity index (χ3n) is 7.56. The minimum Gasteiger partial charge on any atom is -0.349 e. The number of rotatable bonds is 9. The SMILES string of the molecule is C=C(Nc1sc(-c2ccc(CC)cc2)cc1C(=O)NC(C)C1CCCCC1)Nc1c(C)cc(C)cc1C. The lowest BCUT2D eigenvalue weighted by Gasteiger charge is -2.28. The average Bonchev–Trinajstić information content (AvgIpc) is 3.30. The quantitative estimate of drug-likeness (QED) is 0.267. The molecule has 3 aromatic rings. The highest BCUT2D eigenvalue weighted by atomic mass is 32.1. The fourth-order valence-corrected chi connectivity index (χ4v) is 6.52. The molecule has 5 heteroatoms. The number of carbonyl (C=O) groups excluding carboxylic acids is 1. The Hall–Kier alpha value is -3.05. The van der Waals surface area contributed by atoms with Crippen molar-refractivity contribution in [2.45, 2.75) is 79.2 Å². The van der Waals surface area contributed by atoms with Crippen LogP contribution in [0.5, 0.6) is 0 Å². The Labute approximate surface area is 226 Å². The van der Waals surface area contributed by atoms with E-state index < -0.39 is 0 Å². The predicted molar refractivity (Wildman–Crippen MR) is 160 cm³/mol. The van der Waals surface area contributed by atoms with E-state index in [9.17, 15) is 4.79 Å². The van der Waals surface area contributed by atoms with Crippen LogP contribution in [0.25, 0.3) is 10.4 Å². The van der Waals surface area contributed by atoms with Crippen molar-refractivity contribution in [2.75, 3.05) is 10.6 Å². The van der Waals surface area contributed by atoms with Crippen LogP contribution < -0.4 is 16.0 Å². The first-order chi connectivity index (χ1) is 17.7. The van der Waals surface area contributed by atoms with Crippen molar-refractivity contribution in [3.63, 3.8) is 0 Å². The Bertz CT molecular complexity index is 1230. The normalized spacial score (nSPS) is 14.7. The van der Waals surface area contributed by atoms with Crippen molar-refractivity contribution in [1.29, 1.82) is 0 Å². The molecule has 37 heavy (non-hydrogen) atoms. The molecule has 3 N–H and O–H groups in total. The highest BCUT2D eigenvalue weighted by Gasteiger charge is 2.24. The molecule has 0 aliphatic heterocycles. The number of amides is 1. The first kappa shape index (κ1) is 27.0. The second-order valence-electron chi connectivity index (χ2n) is 10.6. The third-order valence-corrected chi connectivity index (χ3v) is 8.66. The van der Waals surface area contributed by atoms with Gasteiger partial charge in [-0.25, -0.2) is 0 Å². The lowest BCUT2D eigenvalue weighted by molar-refractivity contribution is 0.0920. The number of hydrogen-bond donors (Lipinski definition) is 3. The summed E-state index contributed by atoms with van der Waals surface area (Å²) in [4.78, 5) is 14.6. The van der Waals surface area contributed by atoms with Crippen LogP contribution in [0.3, 0.4) is 0 Å². The number of benzene rings is 2. The fraction of sp³-hybridized carbons (Fsp3) is 0.406. The van der Waals surface area contributed by atoms with Crippen molar-refractivity contribution in [2.24, 2.45) is 5.92 Å². The lowest BCUT2D eigenvalue weighted by Crippen LogP contribution is -2.39. The predicted octanol–water partition coefficient (Wildman–Crippen LogP) is 8.60. The van der Waals surface area contributed by atoms with Gasteiger partial charge in [0.25, 0.3) is 5.91 Å². The van der Waals surface area contributed by atoms with Gasteiger partial charge in [-0.05, 0) is 81.2 Å². The molecule has 1 aliphatic carbocycles. The molecule has 0 radical (unpaired) electrons. The Morgan fingerprint density at radius 3 is 2.27 bits per heavy atom. The second kappa shape index (κ2) is 12.0. The number of anilines is 2. The van der Waals surface area contributed by atoms with Crippen LogP contribution in [0.15, 0.2) is 54.9 Å². The van der Waals surface area contributed by atoms with Gasteiger partial charge in [0.2, 0.25) is 0 Å². The molecule has 1 amide bonds. The van der Waals surface area contributed by atoms with Gasteiger partial charge in [0, 0.05) is 16.6 Å². The monoisotopic (exact) mass is 515 g/mol. The van der Waals surface area contributed by atoms with E-state index in [1.807, 2.05) is 6.07 Å². The highest BCUT2D eigenvalue weighted by Crippen LogP contribution is 2.37. The van der Waals surface area contributed by atoms with Crippen LogP contribution in [-0.4, -0.2) is 11.9 Å². The topological polar surface area (TPSA) is 53.2 Å². The maximum atomic E-state index is 13.6. The average molecular weight is 516 g/mol. The Morgan fingerprint density at radius 1 is 1.00 bits per heavy atom. The molecular formula is C32H41N3OS. The Balaban J connectivity index is 1.59. The van der Waals surface area contributed by atoms with Gasteiger partial charge in [0.1, 0.15) is 10.8 Å². The van der Waals surface area contributed by atoms with E-state index in [1.165, 1.54) is 54.4 Å². The summed E-state index contributed by atoms with van der Waals surface area (Å²) in [7, 11) is 0. The molecule has 196 valence electrons. The first-order valence-corrected chi connectivity index (χ1v) is 14.4. The van der Waals surface area contributed by atoms with Crippen molar-refractivity contribution >= 4 is 27.9 Å². The smallest absolute Gasteiger partial charge is 0.254 e. The van der Waals surface area contributed by atoms with Gasteiger partial charge >= 0.3 is 0 Å². The molecular weight excluding hydrogens is 474 g/mol. The number of carbonyl (C=O) groups is 1. The summed E-state index contributed by atoms with van der Waals surface area (Å²) in [6, 6.07) is 15.1. The Kier molecular flexibility index (Phi) is 8.75. The van der Waals surface area contributed by atoms with Gasteiger partial charge in [0.05, 0.1) is 5.56 Å². The van der Waals surface area contributed by atoms with Crippen molar-refractivity contribution < 1.29 is 4.79 Å². The van der Waals surface area contributed by atoms with Crippen LogP contribution in [0.1, 0.15) is 78.6 Å². The maximum Gasteiger partial charge on any atom is 0.254 e. The van der Waals surface area contributed by atoms with Crippen molar-refractivity contribution in [3.8, 4) is 10.4 Å². The minimum atomic E-state index is -0.0243. The van der Waals surface area contributed by atoms with E-state index in [4.69, 9.17) is 0 Å². The number of hydrogen-bond acceptors (Lipinski definition) is 4. The summed E-state index contributed by atoms with van der Waals surface area (Å²) in [5.41, 5.74) is 7.72. The number of aryl methyl sites for hydroxylation is 4. The fourth-order valence-electron chi connectivity index (χ4n) is 5.43. The van der Waals surface area contributed by atoms with Crippen LogP contribution >= 0.6 is 11.3 Å². The van der Waals surface area contributed by atoms with Gasteiger partial charge in [-0.15, -0.1) is 11.3 Å². The standard InChI is InChI=1S/C32H41N3OS/c1-7-25-13-15-27(16-14-25)29-19-28(31(36)33-23(5)26-11-9-8-10-12-26)32(37-29)35-24(6)34-30-21(3)17-20(2)18-22(30)4/h13-19,23,26,34-35H,6-12H2,1-5H3,(H,33,36). The largest absolute Gasteiger partial charge is 0.349 e. The summed E-state index contributed by atoms with van der Waals surface area (Å²) in [6.07, 6.45) is 7.23. The molecule has 4 rings (SSSR count). The maximum absolute atomic E-state index is 13.6. The molecule has 4 nitrogen and oxygen atoms in total. The van der Waals surface area contributed by atoms with Gasteiger partial charge in [-0.2, -0.15) is 0 Å².